The van der Waals surface area contributed by atoms with Crippen molar-refractivity contribution in [3.05, 3.63) is 61.9 Å². The van der Waals surface area contributed by atoms with Crippen LogP contribution in [0.25, 0.3) is 10.7 Å². The van der Waals surface area contributed by atoms with Crippen molar-refractivity contribution in [1.29, 1.82) is 0 Å². The molecule has 0 aliphatic carbocycles. The molecule has 0 aliphatic heterocycles. The van der Waals surface area contributed by atoms with Crippen molar-refractivity contribution in [2.45, 2.75) is 13.5 Å². The van der Waals surface area contributed by atoms with E-state index in [1.54, 1.807) is 30.5 Å². The summed E-state index contributed by atoms with van der Waals surface area (Å²) >= 11 is 1.34. The van der Waals surface area contributed by atoms with Crippen molar-refractivity contribution in [2.75, 3.05) is 5.32 Å². The Morgan fingerprint density at radius 1 is 1.44 bits per heavy atom. The fraction of sp³-hybridized carbons (Fsp3) is 0.133. The third kappa shape index (κ3) is 3.48. The van der Waals surface area contributed by atoms with Crippen molar-refractivity contribution in [3.63, 3.8) is 0 Å². The lowest BCUT2D eigenvalue weighted by Gasteiger charge is -2.07. The average molecular weight is 360 g/mol. The number of benzene rings is 1. The molecule has 0 unspecified atom stereocenters. The molecule has 0 bridgehead atoms. The number of rotatable bonds is 5. The lowest BCUT2D eigenvalue weighted by atomic mass is 10.2. The first-order valence-electron chi connectivity index (χ1n) is 7.11. The first kappa shape index (κ1) is 16.6. The highest BCUT2D eigenvalue weighted by Crippen LogP contribution is 2.25. The Bertz CT molecular complexity index is 990. The average Bonchev–Trinajstić information content (AvgIpc) is 3.20. The number of aryl methyl sites for hydroxylation is 1. The number of nitrogens with zero attached hydrogens (tertiary/aromatic N) is 3. The van der Waals surface area contributed by atoms with E-state index in [0.717, 1.165) is 4.57 Å². The van der Waals surface area contributed by atoms with E-state index in [-0.39, 0.29) is 23.7 Å². The lowest BCUT2D eigenvalue weighted by molar-refractivity contribution is -0.384. The second-order valence-corrected chi connectivity index (χ2v) is 6.11. The van der Waals surface area contributed by atoms with Crippen molar-refractivity contribution in [1.82, 2.24) is 9.72 Å². The van der Waals surface area contributed by atoms with Crippen LogP contribution in [0, 0.1) is 17.0 Å². The standard InChI is InChI=1S/C15H12N4O5S/c1-9-4-5-10(11(7-9)19(22)23)16-13(20)8-18-14(17-24-15(18)21)12-3-2-6-25-12/h2-7H,8H2,1H3,(H,16,20). The number of carbonyl (C=O) groups excluding carboxylic acids is 1. The van der Waals surface area contributed by atoms with Crippen molar-refractivity contribution in [3.8, 4) is 10.7 Å². The maximum absolute atomic E-state index is 12.3. The topological polar surface area (TPSA) is 120 Å². The number of carbonyl (C=O) groups is 1. The van der Waals surface area contributed by atoms with Crippen molar-refractivity contribution >= 4 is 28.6 Å². The van der Waals surface area contributed by atoms with Gasteiger partial charge < -0.3 is 5.32 Å². The number of anilines is 1. The zero-order valence-corrected chi connectivity index (χ0v) is 13.8. The van der Waals surface area contributed by atoms with Crippen LogP contribution < -0.4 is 11.1 Å². The van der Waals surface area contributed by atoms with Gasteiger partial charge in [-0.1, -0.05) is 17.3 Å². The van der Waals surface area contributed by atoms with Crippen LogP contribution in [-0.4, -0.2) is 20.6 Å². The van der Waals surface area contributed by atoms with E-state index in [4.69, 9.17) is 0 Å². The molecular formula is C15H12N4O5S. The molecular weight excluding hydrogens is 348 g/mol. The van der Waals surface area contributed by atoms with Gasteiger partial charge in [-0.2, -0.15) is 0 Å². The van der Waals surface area contributed by atoms with Gasteiger partial charge in [0, 0.05) is 6.07 Å². The summed E-state index contributed by atoms with van der Waals surface area (Å²) in [5.74, 6) is -1.15. The molecule has 3 rings (SSSR count). The SMILES string of the molecule is Cc1ccc(NC(=O)Cn2c(-c3cccs3)noc2=O)c([N+](=O)[O-])c1. The maximum atomic E-state index is 12.3. The first-order valence-corrected chi connectivity index (χ1v) is 7.99. The molecule has 1 N–H and O–H groups in total. The van der Waals surface area contributed by atoms with Gasteiger partial charge >= 0.3 is 5.76 Å². The second-order valence-electron chi connectivity index (χ2n) is 5.16. The summed E-state index contributed by atoms with van der Waals surface area (Å²) in [6, 6.07) is 7.96. The minimum absolute atomic E-state index is 0.0581. The zero-order chi connectivity index (χ0) is 18.0. The molecule has 0 saturated carbocycles. The predicted octanol–water partition coefficient (Wildman–Crippen LogP) is 2.42. The Morgan fingerprint density at radius 2 is 2.24 bits per heavy atom. The maximum Gasteiger partial charge on any atom is 0.442 e. The van der Waals surface area contributed by atoms with Gasteiger partial charge in [0.15, 0.2) is 5.82 Å². The number of nitrogens with one attached hydrogen (secondary N) is 1. The summed E-state index contributed by atoms with van der Waals surface area (Å²) in [6.45, 7) is 1.34. The molecule has 10 heteroatoms. The normalized spacial score (nSPS) is 10.6. The number of nitro groups is 1. The van der Waals surface area contributed by atoms with Gasteiger partial charge in [0.25, 0.3) is 5.69 Å². The molecule has 0 atom stereocenters. The highest BCUT2D eigenvalue weighted by Gasteiger charge is 2.19. The van der Waals surface area contributed by atoms with Crippen LogP contribution in [-0.2, 0) is 11.3 Å². The summed E-state index contributed by atoms with van der Waals surface area (Å²) in [4.78, 5) is 35.2. The molecule has 3 aromatic rings. The van der Waals surface area contributed by atoms with E-state index in [0.29, 0.717) is 10.4 Å². The molecule has 2 heterocycles. The summed E-state index contributed by atoms with van der Waals surface area (Å²) < 4.78 is 5.69. The number of hydrogen-bond donors (Lipinski definition) is 1. The molecule has 2 aromatic heterocycles. The molecule has 0 saturated heterocycles. The summed E-state index contributed by atoms with van der Waals surface area (Å²) in [5, 5.41) is 19.0. The van der Waals surface area contributed by atoms with Crippen LogP contribution in [0.1, 0.15) is 5.56 Å². The summed E-state index contributed by atoms with van der Waals surface area (Å²) in [7, 11) is 0. The van der Waals surface area contributed by atoms with E-state index >= 15 is 0 Å². The van der Waals surface area contributed by atoms with Gasteiger partial charge in [-0.05, 0) is 30.0 Å². The molecule has 128 valence electrons. The van der Waals surface area contributed by atoms with Gasteiger partial charge in [-0.15, -0.1) is 11.3 Å². The Morgan fingerprint density at radius 3 is 2.92 bits per heavy atom. The largest absolute Gasteiger partial charge is 0.442 e. The Hall–Kier alpha value is -3.27. The van der Waals surface area contributed by atoms with Crippen molar-refractivity contribution in [2.24, 2.45) is 0 Å². The molecule has 1 amide bonds. The van der Waals surface area contributed by atoms with Gasteiger partial charge in [0.2, 0.25) is 5.91 Å². The van der Waals surface area contributed by atoms with Crippen LogP contribution in [0.15, 0.2) is 45.0 Å². The van der Waals surface area contributed by atoms with Crippen LogP contribution in [0.2, 0.25) is 0 Å². The predicted molar refractivity (Wildman–Crippen MR) is 90.5 cm³/mol. The van der Waals surface area contributed by atoms with E-state index in [9.17, 15) is 19.7 Å². The molecule has 1 aromatic carbocycles. The molecule has 25 heavy (non-hydrogen) atoms. The van der Waals surface area contributed by atoms with Crippen LogP contribution >= 0.6 is 11.3 Å². The lowest BCUT2D eigenvalue weighted by Crippen LogP contribution is -2.25. The second kappa shape index (κ2) is 6.69. The molecule has 0 radical (unpaired) electrons. The fourth-order valence-corrected chi connectivity index (χ4v) is 2.94. The third-order valence-electron chi connectivity index (χ3n) is 3.35. The van der Waals surface area contributed by atoms with E-state index in [1.807, 2.05) is 0 Å². The smallest absolute Gasteiger partial charge is 0.319 e. The number of nitro benzene ring substituents is 1. The number of aromatic nitrogens is 2. The molecule has 0 spiro atoms. The zero-order valence-electron chi connectivity index (χ0n) is 13.0. The summed E-state index contributed by atoms with van der Waals surface area (Å²) in [5.41, 5.74) is 0.534. The van der Waals surface area contributed by atoms with Gasteiger partial charge in [-0.3, -0.25) is 19.4 Å². The van der Waals surface area contributed by atoms with E-state index < -0.39 is 16.6 Å². The number of thiophene rings is 1. The van der Waals surface area contributed by atoms with Crippen molar-refractivity contribution < 1.29 is 14.2 Å². The highest BCUT2D eigenvalue weighted by molar-refractivity contribution is 7.13. The highest BCUT2D eigenvalue weighted by atomic mass is 32.1. The van der Waals surface area contributed by atoms with Gasteiger partial charge in [0.1, 0.15) is 12.2 Å². The molecule has 0 fully saturated rings. The Labute approximate surface area is 144 Å². The van der Waals surface area contributed by atoms with E-state index in [2.05, 4.69) is 15.0 Å². The van der Waals surface area contributed by atoms with Gasteiger partial charge in [-0.25, -0.2) is 9.36 Å². The van der Waals surface area contributed by atoms with Crippen LogP contribution in [0.3, 0.4) is 0 Å². The Balaban J connectivity index is 1.84. The third-order valence-corrected chi connectivity index (χ3v) is 4.22. The number of hydrogen-bond acceptors (Lipinski definition) is 7. The Kier molecular flexibility index (Phi) is 4.44. The van der Waals surface area contributed by atoms with Crippen LogP contribution in [0.5, 0.6) is 0 Å². The van der Waals surface area contributed by atoms with E-state index in [1.165, 1.54) is 23.5 Å². The summed E-state index contributed by atoms with van der Waals surface area (Å²) in [6.07, 6.45) is 0. The van der Waals surface area contributed by atoms with Gasteiger partial charge in [0.05, 0.1) is 9.80 Å². The fourth-order valence-electron chi connectivity index (χ4n) is 2.22. The monoisotopic (exact) mass is 360 g/mol. The number of amides is 1. The minimum atomic E-state index is -0.781. The first-order chi connectivity index (χ1) is 12.0. The molecule has 0 aliphatic rings. The minimum Gasteiger partial charge on any atom is -0.319 e. The molecule has 9 nitrogen and oxygen atoms in total. The quantitative estimate of drug-likeness (QED) is 0.551. The van der Waals surface area contributed by atoms with Crippen LogP contribution in [0.4, 0.5) is 11.4 Å².